The fourth-order valence-corrected chi connectivity index (χ4v) is 9.74. The van der Waals surface area contributed by atoms with Gasteiger partial charge in [-0.15, -0.1) is 10.2 Å². The molecule has 9 rings (SSSR count). The van der Waals surface area contributed by atoms with Gasteiger partial charge in [0.15, 0.2) is 5.82 Å². The number of carbonyl (C=O) groups is 2. The topological polar surface area (TPSA) is 147 Å². The highest BCUT2D eigenvalue weighted by molar-refractivity contribution is 5.93. The number of hydrogen-bond acceptors (Lipinski definition) is 9. The molecule has 286 valence electrons. The number of hydrogen-bond donors (Lipinski definition) is 3. The van der Waals surface area contributed by atoms with Crippen molar-refractivity contribution in [3.05, 3.63) is 89.6 Å². The number of amides is 1. The van der Waals surface area contributed by atoms with E-state index in [0.717, 1.165) is 61.2 Å². The zero-order valence-electron chi connectivity index (χ0n) is 31.2. The molecule has 4 fully saturated rings. The lowest BCUT2D eigenvalue weighted by molar-refractivity contribution is -0.134. The Kier molecular flexibility index (Phi) is 8.98. The maximum Gasteiger partial charge on any atom is 0.224 e. The van der Waals surface area contributed by atoms with E-state index in [-0.39, 0.29) is 54.0 Å². The third-order valence-electron chi connectivity index (χ3n) is 12.8. The van der Waals surface area contributed by atoms with Gasteiger partial charge in [-0.2, -0.15) is 0 Å². The summed E-state index contributed by atoms with van der Waals surface area (Å²) in [5.74, 6) is -0.948. The second-order valence-electron chi connectivity index (χ2n) is 16.9. The molecular formula is C43H47FN6O5. The van der Waals surface area contributed by atoms with Crippen LogP contribution in [0.15, 0.2) is 71.3 Å². The van der Waals surface area contributed by atoms with Crippen molar-refractivity contribution < 1.29 is 28.7 Å². The molecule has 12 heteroatoms. The van der Waals surface area contributed by atoms with Crippen LogP contribution < -0.4 is 10.2 Å². The van der Waals surface area contributed by atoms with Crippen LogP contribution in [0.2, 0.25) is 0 Å². The van der Waals surface area contributed by atoms with Gasteiger partial charge in [0.1, 0.15) is 28.6 Å². The average Bonchev–Trinajstić information content (AvgIpc) is 3.84. The summed E-state index contributed by atoms with van der Waals surface area (Å²) in [6.07, 6.45) is 5.34. The fraction of sp³-hybridized carbons (Fsp3) is 0.465. The van der Waals surface area contributed by atoms with Crippen molar-refractivity contribution in [3.8, 4) is 17.0 Å². The molecule has 4 atom stereocenters. The molecule has 4 aliphatic rings. The predicted molar refractivity (Wildman–Crippen MR) is 204 cm³/mol. The van der Waals surface area contributed by atoms with Crippen LogP contribution in [0.3, 0.4) is 0 Å². The minimum absolute atomic E-state index is 0.106. The van der Waals surface area contributed by atoms with E-state index in [0.29, 0.717) is 29.0 Å². The number of ketones is 1. The number of aliphatic hydroxyl groups is 1. The number of benzene rings is 2. The van der Waals surface area contributed by atoms with Gasteiger partial charge in [-0.05, 0) is 92.8 Å². The number of phenolic OH excluding ortho intramolecular Hbond substituents is 1. The molecule has 1 saturated heterocycles. The van der Waals surface area contributed by atoms with E-state index in [1.165, 1.54) is 24.2 Å². The van der Waals surface area contributed by atoms with Gasteiger partial charge in [0.05, 0.1) is 29.2 Å². The lowest BCUT2D eigenvalue weighted by Crippen LogP contribution is -2.62. The van der Waals surface area contributed by atoms with Crippen molar-refractivity contribution in [1.82, 2.24) is 25.2 Å². The minimum atomic E-state index is -0.749. The van der Waals surface area contributed by atoms with Crippen LogP contribution in [0.25, 0.3) is 22.3 Å². The number of para-hydroxylation sites is 1. The van der Waals surface area contributed by atoms with E-state index in [1.807, 2.05) is 38.1 Å². The SMILES string of the molecule is CC(C)C(C(=O)C1C[C@H](O)C[C@H]1C(=O)NCc1ccc(F)cc1)c1cc(N2CC3(CC(c4cc5nnc(-c6ccccc6O)cc5n4C4CCC4)C3)C2)no1. The van der Waals surface area contributed by atoms with Gasteiger partial charge in [0.2, 0.25) is 5.91 Å². The normalized spacial score (nSPS) is 22.8. The van der Waals surface area contributed by atoms with Gasteiger partial charge < -0.3 is 29.5 Å². The van der Waals surface area contributed by atoms with Crippen LogP contribution in [0.5, 0.6) is 5.75 Å². The Labute approximate surface area is 318 Å². The standard InChI is InChI=1S/C43H47FN6O5/c1-24(2)40(41(53)31-14-29(51)15-32(31)42(54)45-21-25-10-12-27(44)13-11-25)38-18-39(48-55-38)49-22-43(23-49)19-26(20-43)35-17-34-36(50(35)28-6-5-7-28)16-33(46-47-34)30-8-3-4-9-37(30)52/h3-4,8-13,16-18,24,26,28-29,31-32,40,51-52H,5-7,14-15,19-23H2,1-2H3,(H,45,54)/t29-,31?,32+,40?/m0/s1. The molecule has 1 spiro atoms. The molecule has 2 unspecified atom stereocenters. The average molecular weight is 747 g/mol. The van der Waals surface area contributed by atoms with Crippen LogP contribution in [0, 0.1) is 29.0 Å². The van der Waals surface area contributed by atoms with Gasteiger partial charge in [0.25, 0.3) is 0 Å². The summed E-state index contributed by atoms with van der Waals surface area (Å²) in [5, 5.41) is 37.5. The third-order valence-corrected chi connectivity index (χ3v) is 12.8. The lowest BCUT2D eigenvalue weighted by atomic mass is 9.57. The van der Waals surface area contributed by atoms with Gasteiger partial charge in [0, 0.05) is 60.3 Å². The number of Topliss-reactive ketones (excluding diaryl/α,β-unsaturated/α-hetero) is 1. The summed E-state index contributed by atoms with van der Waals surface area (Å²) >= 11 is 0. The van der Waals surface area contributed by atoms with Crippen molar-refractivity contribution in [3.63, 3.8) is 0 Å². The number of nitrogens with one attached hydrogen (secondary N) is 1. The number of nitrogens with zero attached hydrogens (tertiary/aromatic N) is 5. The van der Waals surface area contributed by atoms with Crippen molar-refractivity contribution in [1.29, 1.82) is 0 Å². The Morgan fingerprint density at radius 3 is 2.45 bits per heavy atom. The van der Waals surface area contributed by atoms with Crippen molar-refractivity contribution in [2.45, 2.75) is 89.3 Å². The molecule has 5 aromatic rings. The van der Waals surface area contributed by atoms with Crippen LogP contribution in [-0.4, -0.2) is 61.0 Å². The Morgan fingerprint density at radius 2 is 1.75 bits per heavy atom. The summed E-state index contributed by atoms with van der Waals surface area (Å²) in [4.78, 5) is 29.7. The second kappa shape index (κ2) is 13.9. The predicted octanol–water partition coefficient (Wildman–Crippen LogP) is 7.05. The highest BCUT2D eigenvalue weighted by Gasteiger charge is 2.54. The summed E-state index contributed by atoms with van der Waals surface area (Å²) < 4.78 is 21.7. The molecule has 3 aliphatic carbocycles. The Bertz CT molecular complexity index is 2230. The summed E-state index contributed by atoms with van der Waals surface area (Å²) in [6, 6.07) is 19.8. The number of anilines is 1. The van der Waals surface area contributed by atoms with Gasteiger partial charge in [-0.1, -0.05) is 43.3 Å². The highest BCUT2D eigenvalue weighted by Crippen LogP contribution is 2.58. The Hall–Kier alpha value is -5.10. The molecule has 1 amide bonds. The van der Waals surface area contributed by atoms with E-state index >= 15 is 0 Å². The van der Waals surface area contributed by atoms with Gasteiger partial charge >= 0.3 is 0 Å². The monoisotopic (exact) mass is 746 g/mol. The first kappa shape index (κ1) is 35.6. The molecule has 3 N–H and O–H groups in total. The summed E-state index contributed by atoms with van der Waals surface area (Å²) in [5.41, 5.74) is 5.60. The minimum Gasteiger partial charge on any atom is -0.507 e. The zero-order valence-corrected chi connectivity index (χ0v) is 31.2. The van der Waals surface area contributed by atoms with Crippen LogP contribution in [0.1, 0.15) is 93.7 Å². The Balaban J connectivity index is 0.861. The molecule has 0 bridgehead atoms. The van der Waals surface area contributed by atoms with E-state index in [9.17, 15) is 24.2 Å². The molecule has 2 aromatic carbocycles. The van der Waals surface area contributed by atoms with Crippen molar-refractivity contribution in [2.24, 2.45) is 23.2 Å². The molecule has 3 aromatic heterocycles. The van der Waals surface area contributed by atoms with Gasteiger partial charge in [-0.3, -0.25) is 9.59 Å². The smallest absolute Gasteiger partial charge is 0.224 e. The summed E-state index contributed by atoms with van der Waals surface area (Å²) in [6.45, 7) is 5.87. The van der Waals surface area contributed by atoms with E-state index in [4.69, 9.17) is 4.52 Å². The van der Waals surface area contributed by atoms with Crippen LogP contribution >= 0.6 is 0 Å². The largest absolute Gasteiger partial charge is 0.507 e. The molecule has 3 saturated carbocycles. The number of halogens is 1. The Morgan fingerprint density at radius 1 is 1.00 bits per heavy atom. The lowest BCUT2D eigenvalue weighted by Gasteiger charge is -2.59. The second-order valence-corrected chi connectivity index (χ2v) is 16.9. The first-order valence-electron chi connectivity index (χ1n) is 19.7. The van der Waals surface area contributed by atoms with E-state index in [2.05, 4.69) is 42.3 Å². The first-order chi connectivity index (χ1) is 26.6. The van der Waals surface area contributed by atoms with Gasteiger partial charge in [-0.25, -0.2) is 4.39 Å². The molecule has 4 heterocycles. The number of aromatic hydroxyl groups is 1. The number of aliphatic hydroxyl groups excluding tert-OH is 1. The van der Waals surface area contributed by atoms with E-state index < -0.39 is 23.9 Å². The molecule has 0 radical (unpaired) electrons. The molecule has 11 nitrogen and oxygen atoms in total. The maximum absolute atomic E-state index is 14.2. The van der Waals surface area contributed by atoms with Crippen LogP contribution in [-0.2, 0) is 16.1 Å². The number of aromatic nitrogens is 4. The fourth-order valence-electron chi connectivity index (χ4n) is 9.74. The zero-order chi connectivity index (χ0) is 38.0. The number of rotatable bonds is 11. The highest BCUT2D eigenvalue weighted by atomic mass is 19.1. The molecular weight excluding hydrogens is 700 g/mol. The number of carbonyl (C=O) groups excluding carboxylic acids is 2. The third kappa shape index (κ3) is 6.47. The van der Waals surface area contributed by atoms with Crippen LogP contribution in [0.4, 0.5) is 10.2 Å². The molecule has 55 heavy (non-hydrogen) atoms. The molecule has 1 aliphatic heterocycles. The van der Waals surface area contributed by atoms with Crippen molar-refractivity contribution >= 4 is 28.5 Å². The quantitative estimate of drug-likeness (QED) is 0.129. The summed E-state index contributed by atoms with van der Waals surface area (Å²) in [7, 11) is 0. The number of fused-ring (bicyclic) bond motifs is 1. The number of phenols is 1. The first-order valence-corrected chi connectivity index (χ1v) is 19.7. The van der Waals surface area contributed by atoms with Crippen molar-refractivity contribution in [2.75, 3.05) is 18.0 Å². The maximum atomic E-state index is 14.2. The van der Waals surface area contributed by atoms with E-state index in [1.54, 1.807) is 18.2 Å².